The van der Waals surface area contributed by atoms with Crippen molar-refractivity contribution >= 4 is 5.91 Å². The number of likely N-dealkylation sites (tertiary alicyclic amines) is 1. The molecule has 0 spiro atoms. The highest BCUT2D eigenvalue weighted by molar-refractivity contribution is 5.92. The number of rotatable bonds is 5. The largest absolute Gasteiger partial charge is 0.395 e. The maximum atomic E-state index is 12.3. The predicted molar refractivity (Wildman–Crippen MR) is 86.3 cm³/mol. The summed E-state index contributed by atoms with van der Waals surface area (Å²) in [6, 6.07) is 17.6. The first kappa shape index (κ1) is 15.7. The Balaban J connectivity index is 2.13. The number of nitrogens with zero attached hydrogens (tertiary/aromatic N) is 1. The highest BCUT2D eigenvalue weighted by Gasteiger charge is 2.63. The lowest BCUT2D eigenvalue weighted by Gasteiger charge is -2.58. The number of amides is 1. The van der Waals surface area contributed by atoms with Crippen molar-refractivity contribution in [2.45, 2.75) is 17.7 Å². The lowest BCUT2D eigenvalue weighted by Crippen LogP contribution is -2.77. The van der Waals surface area contributed by atoms with Gasteiger partial charge in [0.25, 0.3) is 0 Å². The van der Waals surface area contributed by atoms with Crippen LogP contribution in [0, 0.1) is 0 Å². The van der Waals surface area contributed by atoms with E-state index in [0.717, 1.165) is 5.56 Å². The van der Waals surface area contributed by atoms with Gasteiger partial charge in [0.1, 0.15) is 17.7 Å². The Morgan fingerprint density at radius 2 is 1.65 bits per heavy atom. The molecular weight excluding hydrogens is 292 g/mol. The number of β-lactam (4-membered cyclic amide) rings is 1. The molecule has 0 saturated carbocycles. The van der Waals surface area contributed by atoms with Gasteiger partial charge in [0, 0.05) is 6.54 Å². The number of benzene rings is 2. The van der Waals surface area contributed by atoms with Crippen LogP contribution in [0.1, 0.15) is 17.2 Å². The van der Waals surface area contributed by atoms with Crippen molar-refractivity contribution in [3.05, 3.63) is 71.8 Å². The second kappa shape index (κ2) is 6.12. The first-order chi connectivity index (χ1) is 11.1. The Bertz CT molecular complexity index is 677. The summed E-state index contributed by atoms with van der Waals surface area (Å²) >= 11 is 0. The molecule has 5 nitrogen and oxygen atoms in total. The molecule has 1 fully saturated rings. The molecule has 1 saturated heterocycles. The molecule has 0 aromatic heterocycles. The molecule has 0 bridgehead atoms. The molecule has 0 radical (unpaired) electrons. The van der Waals surface area contributed by atoms with Crippen LogP contribution < -0.4 is 5.73 Å². The van der Waals surface area contributed by atoms with Gasteiger partial charge in [-0.05, 0) is 11.1 Å². The van der Waals surface area contributed by atoms with Crippen LogP contribution in [0.2, 0.25) is 0 Å². The quantitative estimate of drug-likeness (QED) is 0.712. The van der Waals surface area contributed by atoms with Crippen LogP contribution in [0.5, 0.6) is 0 Å². The SMILES string of the molecule is NC1C(=O)N(CCO)C1(c1ccccc1)C(O)c1ccccc1. The summed E-state index contributed by atoms with van der Waals surface area (Å²) in [5.74, 6) is -0.266. The van der Waals surface area contributed by atoms with Crippen LogP contribution in [-0.4, -0.2) is 40.2 Å². The number of aliphatic hydroxyl groups is 2. The van der Waals surface area contributed by atoms with E-state index in [1.165, 1.54) is 4.90 Å². The molecule has 1 heterocycles. The summed E-state index contributed by atoms with van der Waals surface area (Å²) in [5, 5.41) is 20.4. The van der Waals surface area contributed by atoms with Gasteiger partial charge in [0.15, 0.2) is 0 Å². The molecule has 3 atom stereocenters. The third-order valence-electron chi connectivity index (χ3n) is 4.54. The van der Waals surface area contributed by atoms with Gasteiger partial charge >= 0.3 is 0 Å². The molecule has 1 aliphatic rings. The van der Waals surface area contributed by atoms with Gasteiger partial charge in [0.05, 0.1) is 6.61 Å². The molecule has 3 unspecified atom stereocenters. The minimum Gasteiger partial charge on any atom is -0.395 e. The van der Waals surface area contributed by atoms with Gasteiger partial charge in [-0.25, -0.2) is 0 Å². The maximum Gasteiger partial charge on any atom is 0.243 e. The van der Waals surface area contributed by atoms with E-state index >= 15 is 0 Å². The number of hydrogen-bond acceptors (Lipinski definition) is 4. The van der Waals surface area contributed by atoms with Crippen LogP contribution in [0.15, 0.2) is 60.7 Å². The summed E-state index contributed by atoms with van der Waals surface area (Å²) < 4.78 is 0. The highest BCUT2D eigenvalue weighted by Crippen LogP contribution is 2.49. The average molecular weight is 312 g/mol. The fraction of sp³-hybridized carbons (Fsp3) is 0.278. The van der Waals surface area contributed by atoms with E-state index in [0.29, 0.717) is 5.56 Å². The number of aliphatic hydroxyl groups excluding tert-OH is 2. The molecule has 0 aliphatic carbocycles. The van der Waals surface area contributed by atoms with Gasteiger partial charge in [-0.1, -0.05) is 60.7 Å². The van der Waals surface area contributed by atoms with Crippen LogP contribution >= 0.6 is 0 Å². The predicted octanol–water partition coefficient (Wildman–Crippen LogP) is 0.777. The van der Waals surface area contributed by atoms with Crippen molar-refractivity contribution in [2.24, 2.45) is 5.73 Å². The van der Waals surface area contributed by atoms with Crippen LogP contribution in [0.4, 0.5) is 0 Å². The van der Waals surface area contributed by atoms with Gasteiger partial charge in [0.2, 0.25) is 5.91 Å². The number of hydrogen-bond donors (Lipinski definition) is 3. The fourth-order valence-corrected chi connectivity index (χ4v) is 3.44. The first-order valence-electron chi connectivity index (χ1n) is 7.60. The maximum absolute atomic E-state index is 12.3. The van der Waals surface area contributed by atoms with Crippen molar-refractivity contribution in [1.82, 2.24) is 4.90 Å². The van der Waals surface area contributed by atoms with E-state index in [2.05, 4.69) is 0 Å². The molecule has 1 aliphatic heterocycles. The van der Waals surface area contributed by atoms with Crippen LogP contribution in [-0.2, 0) is 10.3 Å². The number of nitrogens with two attached hydrogens (primary N) is 1. The highest BCUT2D eigenvalue weighted by atomic mass is 16.3. The van der Waals surface area contributed by atoms with Crippen molar-refractivity contribution < 1.29 is 15.0 Å². The molecule has 120 valence electrons. The van der Waals surface area contributed by atoms with E-state index in [9.17, 15) is 15.0 Å². The summed E-state index contributed by atoms with van der Waals surface area (Å²) in [6.07, 6.45) is -0.981. The smallest absolute Gasteiger partial charge is 0.243 e. The Morgan fingerprint density at radius 3 is 2.22 bits per heavy atom. The zero-order valence-corrected chi connectivity index (χ0v) is 12.7. The fourth-order valence-electron chi connectivity index (χ4n) is 3.44. The molecule has 3 rings (SSSR count). The summed E-state index contributed by atoms with van der Waals surface area (Å²) in [7, 11) is 0. The van der Waals surface area contributed by atoms with E-state index < -0.39 is 17.7 Å². The van der Waals surface area contributed by atoms with Crippen molar-refractivity contribution in [3.63, 3.8) is 0 Å². The van der Waals surface area contributed by atoms with Crippen LogP contribution in [0.3, 0.4) is 0 Å². The van der Waals surface area contributed by atoms with Gasteiger partial charge in [-0.15, -0.1) is 0 Å². The number of carbonyl (C=O) groups excluding carboxylic acids is 1. The van der Waals surface area contributed by atoms with Crippen molar-refractivity contribution in [3.8, 4) is 0 Å². The molecule has 5 heteroatoms. The zero-order valence-electron chi connectivity index (χ0n) is 12.7. The molecule has 1 amide bonds. The van der Waals surface area contributed by atoms with Crippen LogP contribution in [0.25, 0.3) is 0 Å². The summed E-state index contributed by atoms with van der Waals surface area (Å²) in [6.45, 7) is -0.0557. The normalized spacial score (nSPS) is 25.1. The summed E-state index contributed by atoms with van der Waals surface area (Å²) in [5.41, 5.74) is 6.54. The number of carbonyl (C=O) groups is 1. The minimum absolute atomic E-state index is 0.130. The number of β-amino-alcohol motifs (C(OH)–C–C–N with tert-alkyl or cyclic N) is 1. The molecule has 2 aromatic rings. The first-order valence-corrected chi connectivity index (χ1v) is 7.60. The zero-order chi connectivity index (χ0) is 16.4. The monoisotopic (exact) mass is 312 g/mol. The lowest BCUT2D eigenvalue weighted by molar-refractivity contribution is -0.180. The minimum atomic E-state index is -1.07. The molecule has 4 N–H and O–H groups in total. The Labute approximate surface area is 135 Å². The average Bonchev–Trinajstić information content (AvgIpc) is 2.62. The Hall–Kier alpha value is -2.21. The molecule has 23 heavy (non-hydrogen) atoms. The standard InChI is InChI=1S/C18H20N2O3/c19-15-17(23)20(11-12-21)18(15,14-9-5-2-6-10-14)16(22)13-7-3-1-4-8-13/h1-10,15-16,21-22H,11-12,19H2. The van der Waals surface area contributed by atoms with E-state index in [4.69, 9.17) is 5.73 Å². The topological polar surface area (TPSA) is 86.8 Å². The third kappa shape index (κ3) is 2.25. The molecule has 2 aromatic carbocycles. The second-order valence-electron chi connectivity index (χ2n) is 5.70. The van der Waals surface area contributed by atoms with E-state index in [-0.39, 0.29) is 19.1 Å². The van der Waals surface area contributed by atoms with Gasteiger partial charge < -0.3 is 20.8 Å². The van der Waals surface area contributed by atoms with Crippen molar-refractivity contribution in [1.29, 1.82) is 0 Å². The Kier molecular flexibility index (Phi) is 4.17. The lowest BCUT2D eigenvalue weighted by atomic mass is 9.68. The van der Waals surface area contributed by atoms with E-state index in [1.807, 2.05) is 60.7 Å². The van der Waals surface area contributed by atoms with Crippen molar-refractivity contribution in [2.75, 3.05) is 13.2 Å². The third-order valence-corrected chi connectivity index (χ3v) is 4.54. The van der Waals surface area contributed by atoms with Gasteiger partial charge in [-0.2, -0.15) is 0 Å². The van der Waals surface area contributed by atoms with E-state index in [1.54, 1.807) is 0 Å². The van der Waals surface area contributed by atoms with Gasteiger partial charge in [-0.3, -0.25) is 4.79 Å². The summed E-state index contributed by atoms with van der Waals surface area (Å²) in [4.78, 5) is 13.7. The Morgan fingerprint density at radius 1 is 1.09 bits per heavy atom. The second-order valence-corrected chi connectivity index (χ2v) is 5.70. The molecular formula is C18H20N2O3.